The smallest absolute Gasteiger partial charge is 0.314 e. The predicted octanol–water partition coefficient (Wildman–Crippen LogP) is 2.89. The minimum absolute atomic E-state index is 0.0157. The lowest BCUT2D eigenvalue weighted by Crippen LogP contribution is -2.23. The van der Waals surface area contributed by atoms with Gasteiger partial charge in [-0.15, -0.1) is 0 Å². The summed E-state index contributed by atoms with van der Waals surface area (Å²) in [4.78, 5) is 11.7. The molecule has 0 bridgehead atoms. The zero-order chi connectivity index (χ0) is 16.9. The summed E-state index contributed by atoms with van der Waals surface area (Å²) in [5.41, 5.74) is 1.38. The number of hydrogen-bond acceptors (Lipinski definition) is 3. The number of carbonyl (C=O) groups is 1. The quantitative estimate of drug-likeness (QED) is 0.741. The fraction of sp³-hybridized carbons (Fsp3) is 0. The van der Waals surface area contributed by atoms with E-state index in [1.54, 1.807) is 6.08 Å². The van der Waals surface area contributed by atoms with Gasteiger partial charge in [-0.25, -0.2) is 18.4 Å². The molecule has 2 aromatic rings. The number of primary sulfonamides is 1. The summed E-state index contributed by atoms with van der Waals surface area (Å²) >= 11 is 3.36. The number of urea groups is 1. The molecule has 0 unspecified atom stereocenters. The van der Waals surface area contributed by atoms with E-state index in [2.05, 4.69) is 26.6 Å². The van der Waals surface area contributed by atoms with Crippen molar-refractivity contribution in [3.05, 3.63) is 64.8 Å². The van der Waals surface area contributed by atoms with Gasteiger partial charge in [0.05, 0.1) is 4.90 Å². The Morgan fingerprint density at radius 1 is 1.13 bits per heavy atom. The van der Waals surface area contributed by atoms with Gasteiger partial charge >= 0.3 is 6.03 Å². The second-order valence-corrected chi connectivity index (χ2v) is 7.03. The monoisotopic (exact) mass is 395 g/mol. The molecular weight excluding hydrogens is 382 g/mol. The summed E-state index contributed by atoms with van der Waals surface area (Å²) < 4.78 is 23.2. The van der Waals surface area contributed by atoms with Crippen molar-refractivity contribution in [2.24, 2.45) is 5.14 Å². The van der Waals surface area contributed by atoms with Crippen LogP contribution < -0.4 is 15.8 Å². The Hall–Kier alpha value is -2.16. The third-order valence-corrected chi connectivity index (χ3v) is 4.20. The first-order valence-corrected chi connectivity index (χ1v) is 8.81. The Morgan fingerprint density at radius 3 is 2.43 bits per heavy atom. The maximum absolute atomic E-state index is 11.7. The number of sulfonamides is 1. The molecule has 0 saturated heterocycles. The van der Waals surface area contributed by atoms with Crippen LogP contribution in [0.2, 0.25) is 0 Å². The van der Waals surface area contributed by atoms with Crippen LogP contribution >= 0.6 is 15.9 Å². The second-order valence-electron chi connectivity index (χ2n) is 4.56. The number of benzene rings is 2. The first-order chi connectivity index (χ1) is 10.8. The highest BCUT2D eigenvalue weighted by atomic mass is 79.9. The molecule has 0 aliphatic carbocycles. The van der Waals surface area contributed by atoms with E-state index in [1.807, 2.05) is 24.3 Å². The molecule has 0 aliphatic rings. The molecular formula is C15H14BrN3O3S. The molecule has 0 aromatic heterocycles. The standard InChI is InChI=1S/C15H14BrN3O3S/c16-12-3-1-2-11(10-12)8-9-18-15(20)19-13-4-6-14(7-5-13)23(17,21)22/h1-10H,(H2,17,21,22)(H2,18,19,20)/b9-8+. The molecule has 23 heavy (non-hydrogen) atoms. The third-order valence-electron chi connectivity index (χ3n) is 2.78. The second kappa shape index (κ2) is 7.40. The molecule has 4 N–H and O–H groups in total. The van der Waals surface area contributed by atoms with E-state index in [1.165, 1.54) is 30.5 Å². The Kier molecular flexibility index (Phi) is 5.54. The fourth-order valence-electron chi connectivity index (χ4n) is 1.72. The van der Waals surface area contributed by atoms with Gasteiger partial charge in [0.15, 0.2) is 0 Å². The SMILES string of the molecule is NS(=O)(=O)c1ccc(NC(=O)N/C=C/c2cccc(Br)c2)cc1. The molecule has 0 heterocycles. The molecule has 2 rings (SSSR count). The number of amides is 2. The maximum Gasteiger partial charge on any atom is 0.323 e. The van der Waals surface area contributed by atoms with Crippen molar-refractivity contribution < 1.29 is 13.2 Å². The topological polar surface area (TPSA) is 101 Å². The molecule has 2 amide bonds. The molecule has 0 saturated carbocycles. The number of nitrogens with one attached hydrogen (secondary N) is 2. The van der Waals surface area contributed by atoms with Gasteiger partial charge in [0.25, 0.3) is 0 Å². The Balaban J connectivity index is 1.92. The number of anilines is 1. The first-order valence-electron chi connectivity index (χ1n) is 6.47. The van der Waals surface area contributed by atoms with Crippen LogP contribution in [0.25, 0.3) is 6.08 Å². The minimum Gasteiger partial charge on any atom is -0.314 e. The van der Waals surface area contributed by atoms with Gasteiger partial charge in [-0.05, 0) is 48.0 Å². The van der Waals surface area contributed by atoms with E-state index in [9.17, 15) is 13.2 Å². The number of halogens is 1. The number of rotatable bonds is 4. The van der Waals surface area contributed by atoms with Crippen LogP contribution in [-0.2, 0) is 10.0 Å². The van der Waals surface area contributed by atoms with Crippen molar-refractivity contribution in [3.8, 4) is 0 Å². The zero-order valence-electron chi connectivity index (χ0n) is 11.9. The van der Waals surface area contributed by atoms with E-state index in [0.717, 1.165) is 10.0 Å². The lowest BCUT2D eigenvalue weighted by Gasteiger charge is -2.05. The highest BCUT2D eigenvalue weighted by Gasteiger charge is 2.07. The van der Waals surface area contributed by atoms with Gasteiger partial charge in [0.2, 0.25) is 10.0 Å². The van der Waals surface area contributed by atoms with Gasteiger partial charge in [-0.2, -0.15) is 0 Å². The minimum atomic E-state index is -3.74. The first kappa shape index (κ1) is 17.2. The molecule has 0 fully saturated rings. The van der Waals surface area contributed by atoms with Crippen LogP contribution in [-0.4, -0.2) is 14.4 Å². The molecule has 8 heteroatoms. The Bertz CT molecular complexity index is 833. The summed E-state index contributed by atoms with van der Waals surface area (Å²) in [6, 6.07) is 12.7. The van der Waals surface area contributed by atoms with Crippen LogP contribution in [0.4, 0.5) is 10.5 Å². The normalized spacial score (nSPS) is 11.4. The molecule has 0 spiro atoms. The van der Waals surface area contributed by atoms with Gasteiger partial charge in [-0.1, -0.05) is 28.1 Å². The zero-order valence-corrected chi connectivity index (χ0v) is 14.3. The van der Waals surface area contributed by atoms with Crippen LogP contribution in [0, 0.1) is 0 Å². The van der Waals surface area contributed by atoms with Crippen molar-refractivity contribution in [2.45, 2.75) is 4.90 Å². The molecule has 6 nitrogen and oxygen atoms in total. The van der Waals surface area contributed by atoms with E-state index in [4.69, 9.17) is 5.14 Å². The summed E-state index contributed by atoms with van der Waals surface area (Å²) in [6.45, 7) is 0. The lowest BCUT2D eigenvalue weighted by molar-refractivity contribution is 0.255. The third kappa shape index (κ3) is 5.51. The highest BCUT2D eigenvalue weighted by molar-refractivity contribution is 9.10. The maximum atomic E-state index is 11.7. The molecule has 0 atom stereocenters. The highest BCUT2D eigenvalue weighted by Crippen LogP contribution is 2.13. The lowest BCUT2D eigenvalue weighted by atomic mass is 10.2. The van der Waals surface area contributed by atoms with Crippen LogP contribution in [0.1, 0.15) is 5.56 Å². The van der Waals surface area contributed by atoms with Crippen LogP contribution in [0.15, 0.2) is 64.1 Å². The van der Waals surface area contributed by atoms with E-state index >= 15 is 0 Å². The number of carbonyl (C=O) groups excluding carboxylic acids is 1. The molecule has 0 aliphatic heterocycles. The van der Waals surface area contributed by atoms with E-state index in [0.29, 0.717) is 5.69 Å². The van der Waals surface area contributed by atoms with Crippen molar-refractivity contribution in [1.29, 1.82) is 0 Å². The van der Waals surface area contributed by atoms with E-state index in [-0.39, 0.29) is 4.90 Å². The average molecular weight is 396 g/mol. The summed E-state index contributed by atoms with van der Waals surface area (Å²) in [7, 11) is -3.74. The number of nitrogens with two attached hydrogens (primary N) is 1. The Morgan fingerprint density at radius 2 is 1.83 bits per heavy atom. The average Bonchev–Trinajstić information content (AvgIpc) is 2.47. The van der Waals surface area contributed by atoms with Gasteiger partial charge < -0.3 is 10.6 Å². The van der Waals surface area contributed by atoms with Crippen molar-refractivity contribution in [1.82, 2.24) is 5.32 Å². The van der Waals surface area contributed by atoms with Gasteiger partial charge in [0, 0.05) is 16.4 Å². The summed E-state index contributed by atoms with van der Waals surface area (Å²) in [5, 5.41) is 10.1. The van der Waals surface area contributed by atoms with Crippen LogP contribution in [0.5, 0.6) is 0 Å². The van der Waals surface area contributed by atoms with Crippen LogP contribution in [0.3, 0.4) is 0 Å². The van der Waals surface area contributed by atoms with Crippen molar-refractivity contribution in [3.63, 3.8) is 0 Å². The summed E-state index contributed by atoms with van der Waals surface area (Å²) in [5.74, 6) is 0. The predicted molar refractivity (Wildman–Crippen MR) is 93.1 cm³/mol. The molecule has 0 radical (unpaired) electrons. The largest absolute Gasteiger partial charge is 0.323 e. The fourth-order valence-corrected chi connectivity index (χ4v) is 2.65. The van der Waals surface area contributed by atoms with E-state index < -0.39 is 16.1 Å². The van der Waals surface area contributed by atoms with Crippen molar-refractivity contribution >= 4 is 43.7 Å². The molecule has 120 valence electrons. The van der Waals surface area contributed by atoms with Crippen molar-refractivity contribution in [2.75, 3.05) is 5.32 Å². The summed E-state index contributed by atoms with van der Waals surface area (Å²) in [6.07, 6.45) is 3.25. The van der Waals surface area contributed by atoms with Gasteiger partial charge in [-0.3, -0.25) is 0 Å². The van der Waals surface area contributed by atoms with Gasteiger partial charge in [0.1, 0.15) is 0 Å². The molecule has 2 aromatic carbocycles. The number of hydrogen-bond donors (Lipinski definition) is 3. The Labute approximate surface area is 142 Å².